The van der Waals surface area contributed by atoms with Gasteiger partial charge >= 0.3 is 0 Å². The molecule has 0 spiro atoms. The minimum Gasteiger partial charge on any atom is -0.354 e. The van der Waals surface area contributed by atoms with Gasteiger partial charge in [0.2, 0.25) is 11.8 Å². The van der Waals surface area contributed by atoms with E-state index in [2.05, 4.69) is 12.2 Å². The first-order valence-electron chi connectivity index (χ1n) is 12.0. The van der Waals surface area contributed by atoms with Crippen molar-refractivity contribution in [3.8, 4) is 0 Å². The Balaban J connectivity index is 1.88. The molecule has 0 unspecified atom stereocenters. The summed E-state index contributed by atoms with van der Waals surface area (Å²) < 4.78 is 0. The van der Waals surface area contributed by atoms with Crippen LogP contribution in [0.1, 0.15) is 42.9 Å². The van der Waals surface area contributed by atoms with Crippen molar-refractivity contribution in [1.29, 1.82) is 0 Å². The Morgan fingerprint density at radius 1 is 0.824 bits per heavy atom. The number of amides is 2. The van der Waals surface area contributed by atoms with Gasteiger partial charge in [0.05, 0.1) is 6.42 Å². The van der Waals surface area contributed by atoms with Crippen LogP contribution in [0, 0.1) is 0 Å². The van der Waals surface area contributed by atoms with E-state index >= 15 is 0 Å². The number of nitrogens with one attached hydrogen (secondary N) is 1. The van der Waals surface area contributed by atoms with Gasteiger partial charge in [-0.25, -0.2) is 0 Å². The average molecular weight is 477 g/mol. The van der Waals surface area contributed by atoms with Crippen molar-refractivity contribution in [2.75, 3.05) is 6.54 Å². The number of hydrogen-bond donors (Lipinski definition) is 1. The van der Waals surface area contributed by atoms with Gasteiger partial charge in [0.15, 0.2) is 0 Å². The largest absolute Gasteiger partial charge is 0.354 e. The van der Waals surface area contributed by atoms with Crippen LogP contribution in [0.25, 0.3) is 0 Å². The minimum absolute atomic E-state index is 0.0872. The maximum absolute atomic E-state index is 13.6. The second kappa shape index (κ2) is 13.6. The third-order valence-electron chi connectivity index (χ3n) is 5.82. The van der Waals surface area contributed by atoms with Crippen LogP contribution < -0.4 is 5.32 Å². The van der Waals surface area contributed by atoms with E-state index in [1.54, 1.807) is 17.0 Å². The molecule has 1 atom stereocenters. The van der Waals surface area contributed by atoms with Gasteiger partial charge in [-0.1, -0.05) is 104 Å². The lowest BCUT2D eigenvalue weighted by Gasteiger charge is -2.31. The summed E-state index contributed by atoms with van der Waals surface area (Å²) in [6.07, 6.45) is 3.74. The summed E-state index contributed by atoms with van der Waals surface area (Å²) >= 11 is 6.02. The first-order valence-corrected chi connectivity index (χ1v) is 12.3. The fourth-order valence-corrected chi connectivity index (χ4v) is 4.04. The number of unbranched alkanes of at least 4 members (excludes halogenated alkanes) is 2. The van der Waals surface area contributed by atoms with Crippen molar-refractivity contribution >= 4 is 23.4 Å². The first-order chi connectivity index (χ1) is 16.6. The molecule has 0 aliphatic rings. The number of hydrogen-bond acceptors (Lipinski definition) is 2. The molecule has 178 valence electrons. The molecule has 0 aliphatic heterocycles. The number of carbonyl (C=O) groups excluding carboxylic acids is 2. The lowest BCUT2D eigenvalue weighted by molar-refractivity contribution is -0.140. The number of benzene rings is 3. The summed E-state index contributed by atoms with van der Waals surface area (Å²) in [4.78, 5) is 28.8. The Morgan fingerprint density at radius 3 is 2.06 bits per heavy atom. The van der Waals surface area contributed by atoms with E-state index in [9.17, 15) is 9.59 Å². The lowest BCUT2D eigenvalue weighted by atomic mass is 10.0. The molecule has 0 aliphatic carbocycles. The standard InChI is InChI=1S/C29H33ClN2O2/c1-2-3-10-19-31-29(34)27(20-23-11-6-4-7-12-23)32(22-25-13-8-5-9-14-25)28(33)21-24-15-17-26(30)18-16-24/h4-9,11-18,27H,2-3,10,19-22H2,1H3,(H,31,34)/t27-/m1/s1. The molecule has 34 heavy (non-hydrogen) atoms. The van der Waals surface area contributed by atoms with Crippen molar-refractivity contribution in [3.05, 3.63) is 107 Å². The van der Waals surface area contributed by atoms with E-state index < -0.39 is 6.04 Å². The topological polar surface area (TPSA) is 49.4 Å². The number of halogens is 1. The van der Waals surface area contributed by atoms with Crippen LogP contribution in [-0.2, 0) is 29.0 Å². The Bertz CT molecular complexity index is 1020. The molecule has 0 saturated carbocycles. The summed E-state index contributed by atoms with van der Waals surface area (Å²) in [5.74, 6) is -0.198. The van der Waals surface area contributed by atoms with Crippen molar-refractivity contribution in [1.82, 2.24) is 10.2 Å². The second-order valence-electron chi connectivity index (χ2n) is 8.51. The summed E-state index contributed by atoms with van der Waals surface area (Å²) in [7, 11) is 0. The normalized spacial score (nSPS) is 11.6. The number of carbonyl (C=O) groups is 2. The van der Waals surface area contributed by atoms with Crippen LogP contribution in [0.15, 0.2) is 84.9 Å². The van der Waals surface area contributed by atoms with Gasteiger partial charge in [-0.05, 0) is 35.2 Å². The molecule has 5 heteroatoms. The van der Waals surface area contributed by atoms with Crippen LogP contribution in [0.3, 0.4) is 0 Å². The van der Waals surface area contributed by atoms with Gasteiger partial charge in [0, 0.05) is 24.5 Å². The zero-order valence-electron chi connectivity index (χ0n) is 19.8. The van der Waals surface area contributed by atoms with Gasteiger partial charge in [-0.2, -0.15) is 0 Å². The smallest absolute Gasteiger partial charge is 0.243 e. The molecule has 2 amide bonds. The molecule has 0 bridgehead atoms. The number of rotatable bonds is 12. The summed E-state index contributed by atoms with van der Waals surface area (Å²) in [6.45, 7) is 3.12. The minimum atomic E-state index is -0.607. The Labute approximate surface area is 207 Å². The Hall–Kier alpha value is -3.11. The number of nitrogens with zero attached hydrogens (tertiary/aromatic N) is 1. The third-order valence-corrected chi connectivity index (χ3v) is 6.07. The van der Waals surface area contributed by atoms with E-state index in [0.29, 0.717) is 24.5 Å². The molecule has 0 aromatic heterocycles. The highest BCUT2D eigenvalue weighted by atomic mass is 35.5. The molecule has 3 aromatic carbocycles. The van der Waals surface area contributed by atoms with Gasteiger partial charge in [0.25, 0.3) is 0 Å². The highest BCUT2D eigenvalue weighted by Crippen LogP contribution is 2.17. The highest BCUT2D eigenvalue weighted by molar-refractivity contribution is 6.30. The quantitative estimate of drug-likeness (QED) is 0.334. The predicted molar refractivity (Wildman–Crippen MR) is 139 cm³/mol. The molecule has 0 heterocycles. The van der Waals surface area contributed by atoms with E-state index in [4.69, 9.17) is 11.6 Å². The maximum Gasteiger partial charge on any atom is 0.243 e. The van der Waals surface area contributed by atoms with Crippen molar-refractivity contribution in [2.24, 2.45) is 0 Å². The average Bonchev–Trinajstić information content (AvgIpc) is 2.86. The van der Waals surface area contributed by atoms with Crippen LogP contribution >= 0.6 is 11.6 Å². The van der Waals surface area contributed by atoms with Gasteiger partial charge in [-0.15, -0.1) is 0 Å². The molecule has 3 rings (SSSR count). The molecular weight excluding hydrogens is 444 g/mol. The molecule has 4 nitrogen and oxygen atoms in total. The maximum atomic E-state index is 13.6. The van der Waals surface area contributed by atoms with E-state index in [-0.39, 0.29) is 18.2 Å². The Kier molecular flexibility index (Phi) is 10.2. The van der Waals surface area contributed by atoms with Crippen molar-refractivity contribution in [3.63, 3.8) is 0 Å². The summed E-state index contributed by atoms with van der Waals surface area (Å²) in [5, 5.41) is 3.71. The Morgan fingerprint density at radius 2 is 1.44 bits per heavy atom. The van der Waals surface area contributed by atoms with Crippen LogP contribution in [0.2, 0.25) is 5.02 Å². The zero-order valence-corrected chi connectivity index (χ0v) is 20.5. The van der Waals surface area contributed by atoms with E-state index in [1.165, 1.54) is 0 Å². The van der Waals surface area contributed by atoms with Crippen LogP contribution in [0.4, 0.5) is 0 Å². The molecule has 0 fully saturated rings. The van der Waals surface area contributed by atoms with Gasteiger partial charge in [-0.3, -0.25) is 9.59 Å². The highest BCUT2D eigenvalue weighted by Gasteiger charge is 2.30. The monoisotopic (exact) mass is 476 g/mol. The van der Waals surface area contributed by atoms with E-state index in [1.807, 2.05) is 72.8 Å². The van der Waals surface area contributed by atoms with Crippen molar-refractivity contribution in [2.45, 2.75) is 51.6 Å². The second-order valence-corrected chi connectivity index (χ2v) is 8.95. The van der Waals surface area contributed by atoms with Gasteiger partial charge in [0.1, 0.15) is 6.04 Å². The van der Waals surface area contributed by atoms with Crippen molar-refractivity contribution < 1.29 is 9.59 Å². The summed E-state index contributed by atoms with van der Waals surface area (Å²) in [6, 6.07) is 26.4. The SMILES string of the molecule is CCCCCNC(=O)[C@@H](Cc1ccccc1)N(Cc1ccccc1)C(=O)Cc1ccc(Cl)cc1. The fraction of sp³-hybridized carbons (Fsp3) is 0.310. The van der Waals surface area contributed by atoms with Crippen LogP contribution in [0.5, 0.6) is 0 Å². The predicted octanol–water partition coefficient (Wildman–Crippen LogP) is 5.83. The summed E-state index contributed by atoms with van der Waals surface area (Å²) in [5.41, 5.74) is 2.88. The van der Waals surface area contributed by atoms with Crippen LogP contribution in [-0.4, -0.2) is 29.3 Å². The lowest BCUT2D eigenvalue weighted by Crippen LogP contribution is -2.51. The fourth-order valence-electron chi connectivity index (χ4n) is 3.92. The molecule has 1 N–H and O–H groups in total. The molecular formula is C29H33ClN2O2. The third kappa shape index (κ3) is 8.03. The van der Waals surface area contributed by atoms with Gasteiger partial charge < -0.3 is 10.2 Å². The molecule has 0 saturated heterocycles. The molecule has 3 aromatic rings. The first kappa shape index (κ1) is 25.5. The molecule has 0 radical (unpaired) electrons. The van der Waals surface area contributed by atoms with E-state index in [0.717, 1.165) is 36.0 Å². The zero-order chi connectivity index (χ0) is 24.2.